The van der Waals surface area contributed by atoms with E-state index in [9.17, 15) is 9.59 Å². The number of anilines is 2. The number of nitrogens with zero attached hydrogens (tertiary/aromatic N) is 1. The van der Waals surface area contributed by atoms with Crippen molar-refractivity contribution in [1.29, 1.82) is 0 Å². The monoisotopic (exact) mass is 428 g/mol. The third kappa shape index (κ3) is 3.38. The first kappa shape index (κ1) is 20.1. The average Bonchev–Trinajstić information content (AvgIpc) is 3.34. The van der Waals surface area contributed by atoms with Crippen molar-refractivity contribution >= 4 is 45.1 Å². The molecule has 1 fully saturated rings. The maximum atomic E-state index is 13.1. The number of methoxy groups -OCH3 is 1. The van der Waals surface area contributed by atoms with E-state index in [4.69, 9.17) is 9.15 Å². The van der Waals surface area contributed by atoms with E-state index < -0.39 is 5.92 Å². The fourth-order valence-electron chi connectivity index (χ4n) is 4.38. The van der Waals surface area contributed by atoms with E-state index in [0.717, 1.165) is 33.2 Å². The van der Waals surface area contributed by atoms with Crippen molar-refractivity contribution in [3.63, 3.8) is 0 Å². The molecule has 4 aromatic rings. The van der Waals surface area contributed by atoms with Crippen LogP contribution in [0.1, 0.15) is 17.5 Å². The summed E-state index contributed by atoms with van der Waals surface area (Å²) in [5.41, 5.74) is 4.94. The van der Waals surface area contributed by atoms with Crippen molar-refractivity contribution in [2.75, 3.05) is 23.9 Å². The molecule has 1 atom stereocenters. The van der Waals surface area contributed by atoms with E-state index in [1.807, 2.05) is 62.4 Å². The van der Waals surface area contributed by atoms with E-state index >= 15 is 0 Å². The topological polar surface area (TPSA) is 71.8 Å². The summed E-state index contributed by atoms with van der Waals surface area (Å²) in [7, 11) is 1.57. The van der Waals surface area contributed by atoms with Gasteiger partial charge in [0.2, 0.25) is 11.8 Å². The summed E-state index contributed by atoms with van der Waals surface area (Å²) in [5, 5.41) is 4.87. The van der Waals surface area contributed by atoms with Crippen molar-refractivity contribution in [3.8, 4) is 5.75 Å². The van der Waals surface area contributed by atoms with Crippen LogP contribution in [-0.2, 0) is 9.59 Å². The highest BCUT2D eigenvalue weighted by Gasteiger charge is 2.36. The molecule has 1 N–H and O–H groups in total. The Bertz CT molecular complexity index is 1370. The zero-order valence-electron chi connectivity index (χ0n) is 18.3. The Kier molecular flexibility index (Phi) is 4.85. The number of hydrogen-bond acceptors (Lipinski definition) is 4. The number of nitrogens with one attached hydrogen (secondary N) is 1. The lowest BCUT2D eigenvalue weighted by Gasteiger charge is -2.20. The molecule has 0 bridgehead atoms. The summed E-state index contributed by atoms with van der Waals surface area (Å²) in [6.45, 7) is 4.32. The molecule has 1 aromatic heterocycles. The standard InChI is InChI=1S/C26H24N2O4/c1-15-8-9-16(2)21(10-15)28-14-17(11-25(28)29)26(30)27-20-13-23-19(12-24(20)31-3)18-6-4-5-7-22(18)32-23/h4-10,12-13,17H,11,14H2,1-3H3,(H,27,30). The molecule has 0 spiro atoms. The van der Waals surface area contributed by atoms with Crippen molar-refractivity contribution in [1.82, 2.24) is 0 Å². The second-order valence-corrected chi connectivity index (χ2v) is 8.33. The predicted molar refractivity (Wildman–Crippen MR) is 125 cm³/mol. The van der Waals surface area contributed by atoms with Crippen LogP contribution in [0.25, 0.3) is 21.9 Å². The van der Waals surface area contributed by atoms with Crippen LogP contribution in [0.2, 0.25) is 0 Å². The zero-order valence-corrected chi connectivity index (χ0v) is 18.3. The van der Waals surface area contributed by atoms with Gasteiger partial charge in [0.05, 0.1) is 18.7 Å². The largest absolute Gasteiger partial charge is 0.495 e. The van der Waals surface area contributed by atoms with Gasteiger partial charge in [0, 0.05) is 35.5 Å². The van der Waals surface area contributed by atoms with Crippen molar-refractivity contribution in [2.24, 2.45) is 5.92 Å². The van der Waals surface area contributed by atoms with Crippen LogP contribution in [0.3, 0.4) is 0 Å². The molecule has 6 heteroatoms. The third-order valence-electron chi connectivity index (χ3n) is 6.11. The number of amides is 2. The molecule has 6 nitrogen and oxygen atoms in total. The number of aryl methyl sites for hydroxylation is 2. The van der Waals surface area contributed by atoms with Crippen LogP contribution in [-0.4, -0.2) is 25.5 Å². The molecule has 1 unspecified atom stereocenters. The van der Waals surface area contributed by atoms with Crippen molar-refractivity contribution in [3.05, 3.63) is 65.7 Å². The Labute approximate surface area is 185 Å². The fraction of sp³-hybridized carbons (Fsp3) is 0.231. The lowest BCUT2D eigenvalue weighted by atomic mass is 10.1. The highest BCUT2D eigenvalue weighted by atomic mass is 16.5. The highest BCUT2D eigenvalue weighted by Crippen LogP contribution is 2.37. The van der Waals surface area contributed by atoms with Gasteiger partial charge in [-0.05, 0) is 43.2 Å². The maximum Gasteiger partial charge on any atom is 0.229 e. The lowest BCUT2D eigenvalue weighted by Crippen LogP contribution is -2.28. The van der Waals surface area contributed by atoms with E-state index in [1.165, 1.54) is 0 Å². The number of furan rings is 1. The van der Waals surface area contributed by atoms with Crippen molar-refractivity contribution in [2.45, 2.75) is 20.3 Å². The van der Waals surface area contributed by atoms with Crippen LogP contribution in [0.4, 0.5) is 11.4 Å². The van der Waals surface area contributed by atoms with Gasteiger partial charge in [0.25, 0.3) is 0 Å². The second kappa shape index (κ2) is 7.71. The van der Waals surface area contributed by atoms with Gasteiger partial charge in [-0.3, -0.25) is 9.59 Å². The Hall–Kier alpha value is -3.80. The molecule has 1 aliphatic rings. The molecular formula is C26H24N2O4. The van der Waals surface area contributed by atoms with Gasteiger partial charge in [0.15, 0.2) is 0 Å². The molecule has 1 aliphatic heterocycles. The second-order valence-electron chi connectivity index (χ2n) is 8.33. The number of benzene rings is 3. The van der Waals surface area contributed by atoms with Gasteiger partial charge < -0.3 is 19.4 Å². The summed E-state index contributed by atoms with van der Waals surface area (Å²) in [4.78, 5) is 27.5. The van der Waals surface area contributed by atoms with Crippen LogP contribution in [0, 0.1) is 19.8 Å². The lowest BCUT2D eigenvalue weighted by molar-refractivity contribution is -0.122. The van der Waals surface area contributed by atoms with Crippen LogP contribution < -0.4 is 15.0 Å². The average molecular weight is 428 g/mol. The number of ether oxygens (including phenoxy) is 1. The van der Waals surface area contributed by atoms with Crippen molar-refractivity contribution < 1.29 is 18.7 Å². The number of carbonyl (C=O) groups is 2. The molecule has 162 valence electrons. The first-order valence-electron chi connectivity index (χ1n) is 10.6. The third-order valence-corrected chi connectivity index (χ3v) is 6.11. The van der Waals surface area contributed by atoms with Crippen LogP contribution in [0.15, 0.2) is 59.0 Å². The molecule has 2 amide bonds. The van der Waals surface area contributed by atoms with E-state index in [-0.39, 0.29) is 18.2 Å². The quantitative estimate of drug-likeness (QED) is 0.485. The maximum absolute atomic E-state index is 13.1. The van der Waals surface area contributed by atoms with Gasteiger partial charge >= 0.3 is 0 Å². The minimum Gasteiger partial charge on any atom is -0.495 e. The SMILES string of the molecule is COc1cc2c(cc1NC(=O)C1CC(=O)N(c3cc(C)ccc3C)C1)oc1ccccc12. The Morgan fingerprint density at radius 3 is 2.69 bits per heavy atom. The minimum absolute atomic E-state index is 0.0430. The smallest absolute Gasteiger partial charge is 0.229 e. The highest BCUT2D eigenvalue weighted by molar-refractivity contribution is 6.09. The first-order chi connectivity index (χ1) is 15.4. The summed E-state index contributed by atoms with van der Waals surface area (Å²) in [5.74, 6) is -0.148. The minimum atomic E-state index is -0.446. The van der Waals surface area contributed by atoms with E-state index in [2.05, 4.69) is 5.32 Å². The summed E-state index contributed by atoms with van der Waals surface area (Å²) in [6, 6.07) is 17.4. The van der Waals surface area contributed by atoms with Gasteiger partial charge in [-0.1, -0.05) is 30.3 Å². The van der Waals surface area contributed by atoms with Crippen LogP contribution >= 0.6 is 0 Å². The van der Waals surface area contributed by atoms with Gasteiger partial charge in [0.1, 0.15) is 16.9 Å². The Morgan fingerprint density at radius 2 is 1.88 bits per heavy atom. The Morgan fingerprint density at radius 1 is 1.06 bits per heavy atom. The number of rotatable bonds is 4. The fourth-order valence-corrected chi connectivity index (χ4v) is 4.38. The molecule has 3 aromatic carbocycles. The number of hydrogen-bond donors (Lipinski definition) is 1. The molecule has 1 saturated heterocycles. The number of fused-ring (bicyclic) bond motifs is 3. The molecule has 5 rings (SSSR count). The summed E-state index contributed by atoms with van der Waals surface area (Å²) in [6.07, 6.45) is 0.175. The molecule has 0 radical (unpaired) electrons. The first-order valence-corrected chi connectivity index (χ1v) is 10.6. The number of carbonyl (C=O) groups excluding carboxylic acids is 2. The van der Waals surface area contributed by atoms with E-state index in [0.29, 0.717) is 23.6 Å². The molecule has 0 aliphatic carbocycles. The molecule has 32 heavy (non-hydrogen) atoms. The number of para-hydroxylation sites is 1. The van der Waals surface area contributed by atoms with Gasteiger partial charge in [-0.2, -0.15) is 0 Å². The normalized spacial score (nSPS) is 16.2. The summed E-state index contributed by atoms with van der Waals surface area (Å²) >= 11 is 0. The van der Waals surface area contributed by atoms with Crippen LogP contribution in [0.5, 0.6) is 5.75 Å². The van der Waals surface area contributed by atoms with E-state index in [1.54, 1.807) is 18.1 Å². The molecule has 0 saturated carbocycles. The zero-order chi connectivity index (χ0) is 22.4. The van der Waals surface area contributed by atoms with Gasteiger partial charge in [-0.25, -0.2) is 0 Å². The summed E-state index contributed by atoms with van der Waals surface area (Å²) < 4.78 is 11.5. The molecule has 2 heterocycles. The van der Waals surface area contributed by atoms with Gasteiger partial charge in [-0.15, -0.1) is 0 Å². The Balaban J connectivity index is 1.41. The molecular weight excluding hydrogens is 404 g/mol. The predicted octanol–water partition coefficient (Wildman–Crippen LogP) is 5.20.